The molecule has 0 amide bonds. The number of hydrogen-bond donors (Lipinski definition) is 1. The van der Waals surface area contributed by atoms with Crippen molar-refractivity contribution in [1.29, 1.82) is 0 Å². The van der Waals surface area contributed by atoms with Crippen LogP contribution in [0.3, 0.4) is 0 Å². The summed E-state index contributed by atoms with van der Waals surface area (Å²) >= 11 is 0. The van der Waals surface area contributed by atoms with Crippen LogP contribution in [-0.4, -0.2) is 7.05 Å². The van der Waals surface area contributed by atoms with Crippen molar-refractivity contribution in [3.05, 3.63) is 30.5 Å². The Bertz CT molecular complexity index is 364. The van der Waals surface area contributed by atoms with Gasteiger partial charge in [-0.15, -0.1) is 0 Å². The molecule has 0 bridgehead atoms. The average molecular weight is 147 g/mol. The Morgan fingerprint density at radius 3 is 3.00 bits per heavy atom. The van der Waals surface area contributed by atoms with Gasteiger partial charge in [-0.05, 0) is 18.2 Å². The van der Waals surface area contributed by atoms with Crippen molar-refractivity contribution in [3.63, 3.8) is 0 Å². The molecule has 0 aliphatic carbocycles. The molecule has 2 heteroatoms. The third-order valence-electron chi connectivity index (χ3n) is 1.77. The second-order valence-electron chi connectivity index (χ2n) is 2.39. The molecule has 0 radical (unpaired) electrons. The van der Waals surface area contributed by atoms with E-state index in [-0.39, 0.29) is 0 Å². The molecule has 11 heavy (non-hydrogen) atoms. The van der Waals surface area contributed by atoms with Gasteiger partial charge in [0.15, 0.2) is 0 Å². The smallest absolute Gasteiger partial charge is 0.135 e. The minimum absolute atomic E-state index is 0.928. The van der Waals surface area contributed by atoms with Gasteiger partial charge < -0.3 is 9.73 Å². The van der Waals surface area contributed by atoms with E-state index in [9.17, 15) is 0 Å². The minimum atomic E-state index is 0.928. The summed E-state index contributed by atoms with van der Waals surface area (Å²) in [5, 5.41) is 4.23. The second-order valence-corrected chi connectivity index (χ2v) is 2.39. The van der Waals surface area contributed by atoms with E-state index in [1.54, 1.807) is 6.26 Å². The number of fused-ring (bicyclic) bond motifs is 1. The van der Waals surface area contributed by atoms with E-state index in [1.165, 1.54) is 0 Å². The van der Waals surface area contributed by atoms with Gasteiger partial charge in [-0.1, -0.05) is 6.07 Å². The van der Waals surface area contributed by atoms with Gasteiger partial charge in [0.25, 0.3) is 0 Å². The highest BCUT2D eigenvalue weighted by molar-refractivity contribution is 5.90. The summed E-state index contributed by atoms with van der Waals surface area (Å²) in [7, 11) is 1.90. The molecule has 0 spiro atoms. The number of hydrogen-bond acceptors (Lipinski definition) is 2. The van der Waals surface area contributed by atoms with Crippen molar-refractivity contribution in [2.45, 2.75) is 0 Å². The van der Waals surface area contributed by atoms with Gasteiger partial charge in [-0.2, -0.15) is 0 Å². The van der Waals surface area contributed by atoms with Crippen LogP contribution < -0.4 is 5.32 Å². The number of rotatable bonds is 1. The molecule has 0 aliphatic rings. The molecule has 1 aromatic carbocycles. The normalized spacial score (nSPS) is 10.3. The molecule has 2 aromatic rings. The summed E-state index contributed by atoms with van der Waals surface area (Å²) < 4.78 is 5.22. The van der Waals surface area contributed by atoms with E-state index in [2.05, 4.69) is 5.32 Å². The highest BCUT2D eigenvalue weighted by atomic mass is 16.3. The molecule has 1 N–H and O–H groups in total. The number of anilines is 1. The highest BCUT2D eigenvalue weighted by Crippen LogP contribution is 2.23. The number of furan rings is 1. The molecule has 56 valence electrons. The molecule has 0 saturated heterocycles. The van der Waals surface area contributed by atoms with E-state index >= 15 is 0 Å². The first kappa shape index (κ1) is 6.28. The summed E-state index contributed by atoms with van der Waals surface area (Å²) in [6.07, 6.45) is 1.70. The molecule has 0 atom stereocenters. The van der Waals surface area contributed by atoms with Crippen LogP contribution >= 0.6 is 0 Å². The first-order valence-electron chi connectivity index (χ1n) is 3.56. The van der Waals surface area contributed by atoms with Gasteiger partial charge in [0.1, 0.15) is 5.58 Å². The van der Waals surface area contributed by atoms with Crippen LogP contribution in [0.2, 0.25) is 0 Å². The Labute approximate surface area is 64.8 Å². The molecule has 1 heterocycles. The van der Waals surface area contributed by atoms with Crippen molar-refractivity contribution >= 4 is 16.7 Å². The fraction of sp³-hybridized carbons (Fsp3) is 0.111. The maximum atomic E-state index is 5.22. The van der Waals surface area contributed by atoms with Crippen LogP contribution in [0.1, 0.15) is 0 Å². The molecule has 0 aliphatic heterocycles. The van der Waals surface area contributed by atoms with E-state index in [0.29, 0.717) is 0 Å². The predicted molar refractivity (Wildman–Crippen MR) is 45.8 cm³/mol. The summed E-state index contributed by atoms with van der Waals surface area (Å²) in [6.45, 7) is 0. The molecule has 2 rings (SSSR count). The standard InChI is InChI=1S/C9H9NO/c1-10-8-3-2-4-9-7(8)5-6-11-9/h2-6,10H,1H3. The minimum Gasteiger partial charge on any atom is -0.464 e. The summed E-state index contributed by atoms with van der Waals surface area (Å²) in [5.41, 5.74) is 2.04. The quantitative estimate of drug-likeness (QED) is 0.670. The van der Waals surface area contributed by atoms with Gasteiger partial charge in [0.2, 0.25) is 0 Å². The predicted octanol–water partition coefficient (Wildman–Crippen LogP) is 2.47. The number of benzene rings is 1. The third-order valence-corrected chi connectivity index (χ3v) is 1.77. The van der Waals surface area contributed by atoms with Crippen LogP contribution in [0.5, 0.6) is 0 Å². The second kappa shape index (κ2) is 2.31. The van der Waals surface area contributed by atoms with E-state index in [1.807, 2.05) is 31.3 Å². The van der Waals surface area contributed by atoms with E-state index < -0.39 is 0 Å². The van der Waals surface area contributed by atoms with Crippen molar-refractivity contribution in [2.24, 2.45) is 0 Å². The van der Waals surface area contributed by atoms with Crippen LogP contribution in [0.25, 0.3) is 11.0 Å². The van der Waals surface area contributed by atoms with Crippen molar-refractivity contribution in [3.8, 4) is 0 Å². The van der Waals surface area contributed by atoms with E-state index in [0.717, 1.165) is 16.7 Å². The van der Waals surface area contributed by atoms with Crippen LogP contribution in [0.4, 0.5) is 5.69 Å². The molecular weight excluding hydrogens is 138 g/mol. The average Bonchev–Trinajstić information content (AvgIpc) is 2.50. The lowest BCUT2D eigenvalue weighted by atomic mass is 10.2. The fourth-order valence-corrected chi connectivity index (χ4v) is 1.21. The summed E-state index contributed by atoms with van der Waals surface area (Å²) in [6, 6.07) is 7.91. The van der Waals surface area contributed by atoms with Crippen molar-refractivity contribution in [1.82, 2.24) is 0 Å². The zero-order chi connectivity index (χ0) is 7.68. The van der Waals surface area contributed by atoms with Gasteiger partial charge in [-0.25, -0.2) is 0 Å². The van der Waals surface area contributed by atoms with Gasteiger partial charge in [0, 0.05) is 18.1 Å². The lowest BCUT2D eigenvalue weighted by molar-refractivity contribution is 0.616. The summed E-state index contributed by atoms with van der Waals surface area (Å²) in [4.78, 5) is 0. The first-order valence-corrected chi connectivity index (χ1v) is 3.56. The van der Waals surface area contributed by atoms with Crippen molar-refractivity contribution in [2.75, 3.05) is 12.4 Å². The Hall–Kier alpha value is -1.44. The molecule has 0 fully saturated rings. The van der Waals surface area contributed by atoms with E-state index in [4.69, 9.17) is 4.42 Å². The monoisotopic (exact) mass is 147 g/mol. The first-order chi connectivity index (χ1) is 5.42. The Morgan fingerprint density at radius 2 is 2.18 bits per heavy atom. The fourth-order valence-electron chi connectivity index (χ4n) is 1.21. The van der Waals surface area contributed by atoms with Gasteiger partial charge in [0.05, 0.1) is 6.26 Å². The maximum Gasteiger partial charge on any atom is 0.135 e. The molecule has 0 saturated carbocycles. The zero-order valence-electron chi connectivity index (χ0n) is 6.29. The third kappa shape index (κ3) is 0.871. The largest absolute Gasteiger partial charge is 0.464 e. The Kier molecular flexibility index (Phi) is 1.32. The molecule has 0 unspecified atom stereocenters. The van der Waals surface area contributed by atoms with Gasteiger partial charge in [-0.3, -0.25) is 0 Å². The molecule has 2 nitrogen and oxygen atoms in total. The Morgan fingerprint density at radius 1 is 1.27 bits per heavy atom. The van der Waals surface area contributed by atoms with Gasteiger partial charge >= 0.3 is 0 Å². The van der Waals surface area contributed by atoms with Crippen molar-refractivity contribution < 1.29 is 4.42 Å². The van der Waals surface area contributed by atoms with Crippen LogP contribution in [-0.2, 0) is 0 Å². The lowest BCUT2D eigenvalue weighted by Gasteiger charge is -1.98. The lowest BCUT2D eigenvalue weighted by Crippen LogP contribution is -1.86. The SMILES string of the molecule is CNc1cccc2occc12. The maximum absolute atomic E-state index is 5.22. The molecule has 1 aromatic heterocycles. The zero-order valence-corrected chi connectivity index (χ0v) is 6.29. The van der Waals surface area contributed by atoms with Crippen LogP contribution in [0.15, 0.2) is 34.9 Å². The summed E-state index contributed by atoms with van der Waals surface area (Å²) in [5.74, 6) is 0. The highest BCUT2D eigenvalue weighted by Gasteiger charge is 1.98. The Balaban J connectivity index is 2.79. The van der Waals surface area contributed by atoms with Crippen LogP contribution in [0, 0.1) is 0 Å². The topological polar surface area (TPSA) is 25.2 Å². The molecular formula is C9H9NO. The number of nitrogens with one attached hydrogen (secondary N) is 1.